The van der Waals surface area contributed by atoms with Crippen LogP contribution in [0, 0.1) is 0 Å². The van der Waals surface area contributed by atoms with Crippen LogP contribution in [0.1, 0.15) is 10.4 Å². The van der Waals surface area contributed by atoms with Crippen LogP contribution in [-0.2, 0) is 0 Å². The maximum atomic E-state index is 12.6. The Morgan fingerprint density at radius 3 is 2.63 bits per heavy atom. The molecular weight excluding hydrogens is 407 g/mol. The number of ether oxygens (including phenoxy) is 1. The Balaban J connectivity index is 1.65. The quantitative estimate of drug-likeness (QED) is 0.504. The highest BCUT2D eigenvalue weighted by atomic mass is 35.5. The van der Waals surface area contributed by atoms with Crippen LogP contribution in [0.4, 0.5) is 5.95 Å². The number of hydrogen-bond acceptors (Lipinski definition) is 5. The van der Waals surface area contributed by atoms with Crippen molar-refractivity contribution in [3.8, 4) is 17.0 Å². The predicted octanol–water partition coefficient (Wildman–Crippen LogP) is 5.03. The molecule has 0 saturated heterocycles. The van der Waals surface area contributed by atoms with Crippen molar-refractivity contribution in [1.82, 2.24) is 14.6 Å². The number of halogens is 2. The third-order valence-corrected chi connectivity index (χ3v) is 5.16. The van der Waals surface area contributed by atoms with Gasteiger partial charge in [0.15, 0.2) is 0 Å². The van der Waals surface area contributed by atoms with E-state index in [-0.39, 0.29) is 5.95 Å². The third kappa shape index (κ3) is 3.49. The summed E-state index contributed by atoms with van der Waals surface area (Å²) in [7, 11) is 1.49. The molecular formula is C18H12Cl2N4O2S. The van der Waals surface area contributed by atoms with Gasteiger partial charge in [0.25, 0.3) is 11.9 Å². The molecule has 6 nitrogen and oxygen atoms in total. The molecule has 2 aromatic carbocycles. The number of anilines is 1. The summed E-state index contributed by atoms with van der Waals surface area (Å²) in [6, 6.07) is 12.3. The average molecular weight is 419 g/mol. The van der Waals surface area contributed by atoms with Gasteiger partial charge in [-0.25, -0.2) is 4.52 Å². The molecule has 9 heteroatoms. The smallest absolute Gasteiger partial charge is 0.261 e. The lowest BCUT2D eigenvalue weighted by Gasteiger charge is -2.07. The molecule has 136 valence electrons. The zero-order valence-corrected chi connectivity index (χ0v) is 16.3. The van der Waals surface area contributed by atoms with Crippen LogP contribution in [0.5, 0.6) is 5.75 Å². The first-order valence-electron chi connectivity index (χ1n) is 7.80. The molecule has 0 aliphatic rings. The van der Waals surface area contributed by atoms with Gasteiger partial charge in [-0.05, 0) is 30.3 Å². The van der Waals surface area contributed by atoms with E-state index in [1.165, 1.54) is 24.5 Å². The number of benzene rings is 2. The van der Waals surface area contributed by atoms with Crippen LogP contribution >= 0.6 is 34.5 Å². The van der Waals surface area contributed by atoms with E-state index in [0.717, 1.165) is 11.3 Å². The Bertz CT molecular complexity index is 1140. The van der Waals surface area contributed by atoms with Crippen LogP contribution in [0.3, 0.4) is 0 Å². The van der Waals surface area contributed by atoms with Gasteiger partial charge in [-0.1, -0.05) is 35.3 Å². The van der Waals surface area contributed by atoms with Crippen molar-refractivity contribution >= 4 is 51.4 Å². The highest BCUT2D eigenvalue weighted by Crippen LogP contribution is 2.28. The molecule has 27 heavy (non-hydrogen) atoms. The van der Waals surface area contributed by atoms with Gasteiger partial charge < -0.3 is 4.74 Å². The van der Waals surface area contributed by atoms with Crippen molar-refractivity contribution in [2.24, 2.45) is 0 Å². The Kier molecular flexibility index (Phi) is 4.73. The molecule has 0 bridgehead atoms. The number of carbonyl (C=O) groups is 1. The van der Waals surface area contributed by atoms with E-state index >= 15 is 0 Å². The number of amides is 1. The van der Waals surface area contributed by atoms with Gasteiger partial charge in [-0.3, -0.25) is 10.1 Å². The average Bonchev–Trinajstić information content (AvgIpc) is 3.22. The maximum Gasteiger partial charge on any atom is 0.261 e. The number of hydrogen-bond donors (Lipinski definition) is 1. The Hall–Kier alpha value is -2.61. The molecule has 0 atom stereocenters. The van der Waals surface area contributed by atoms with Crippen LogP contribution in [0.2, 0.25) is 10.0 Å². The first kappa shape index (κ1) is 17.8. The van der Waals surface area contributed by atoms with E-state index in [1.807, 2.05) is 29.6 Å². The van der Waals surface area contributed by atoms with Crippen molar-refractivity contribution in [2.45, 2.75) is 0 Å². The topological polar surface area (TPSA) is 68.5 Å². The molecule has 0 aliphatic carbocycles. The van der Waals surface area contributed by atoms with E-state index in [9.17, 15) is 4.79 Å². The SMILES string of the molecule is COc1ccc(Cl)cc1C(=O)Nc1nc2scc(-c3ccc(Cl)cc3)n2n1. The summed E-state index contributed by atoms with van der Waals surface area (Å²) < 4.78 is 6.89. The lowest BCUT2D eigenvalue weighted by molar-refractivity contribution is 0.102. The number of rotatable bonds is 4. The van der Waals surface area contributed by atoms with Gasteiger partial charge >= 0.3 is 0 Å². The highest BCUT2D eigenvalue weighted by molar-refractivity contribution is 7.15. The molecule has 0 spiro atoms. The molecule has 1 N–H and O–H groups in total. The third-order valence-electron chi connectivity index (χ3n) is 3.85. The Morgan fingerprint density at radius 1 is 1.15 bits per heavy atom. The van der Waals surface area contributed by atoms with Gasteiger partial charge in [0.2, 0.25) is 4.96 Å². The van der Waals surface area contributed by atoms with E-state index < -0.39 is 5.91 Å². The van der Waals surface area contributed by atoms with Crippen LogP contribution < -0.4 is 10.1 Å². The minimum Gasteiger partial charge on any atom is -0.496 e. The fourth-order valence-corrected chi connectivity index (χ4v) is 3.71. The first-order chi connectivity index (χ1) is 13.0. The fraction of sp³-hybridized carbons (Fsp3) is 0.0556. The lowest BCUT2D eigenvalue weighted by atomic mass is 10.2. The van der Waals surface area contributed by atoms with Crippen LogP contribution in [0.15, 0.2) is 47.8 Å². The highest BCUT2D eigenvalue weighted by Gasteiger charge is 2.17. The van der Waals surface area contributed by atoms with Gasteiger partial charge in [0.05, 0.1) is 18.4 Å². The number of nitrogens with zero attached hydrogens (tertiary/aromatic N) is 3. The van der Waals surface area contributed by atoms with Gasteiger partial charge in [-0.2, -0.15) is 4.98 Å². The second-order valence-corrected chi connectivity index (χ2v) is 7.27. The minimum absolute atomic E-state index is 0.198. The van der Waals surface area contributed by atoms with Crippen molar-refractivity contribution in [1.29, 1.82) is 0 Å². The summed E-state index contributed by atoms with van der Waals surface area (Å²) in [4.78, 5) is 17.6. The molecule has 2 heterocycles. The molecule has 0 aliphatic heterocycles. The predicted molar refractivity (Wildman–Crippen MR) is 107 cm³/mol. The lowest BCUT2D eigenvalue weighted by Crippen LogP contribution is -2.14. The van der Waals surface area contributed by atoms with E-state index in [2.05, 4.69) is 15.4 Å². The standard InChI is InChI=1S/C18H12Cl2N4O2S/c1-26-15-7-6-12(20)8-13(15)16(25)21-17-22-18-24(23-17)14(9-27-18)10-2-4-11(19)5-3-10/h2-9H,1H3,(H,21,23,25). The summed E-state index contributed by atoms with van der Waals surface area (Å²) in [6.45, 7) is 0. The van der Waals surface area contributed by atoms with Crippen molar-refractivity contribution in [2.75, 3.05) is 12.4 Å². The molecule has 0 fully saturated rings. The molecule has 4 aromatic rings. The normalized spacial score (nSPS) is 10.9. The number of carbonyl (C=O) groups excluding carboxylic acids is 1. The summed E-state index contributed by atoms with van der Waals surface area (Å²) >= 11 is 13.4. The zero-order chi connectivity index (χ0) is 19.0. The largest absolute Gasteiger partial charge is 0.496 e. The second-order valence-electron chi connectivity index (χ2n) is 5.56. The molecule has 1 amide bonds. The van der Waals surface area contributed by atoms with Crippen molar-refractivity contribution in [3.05, 3.63) is 63.5 Å². The van der Waals surface area contributed by atoms with Gasteiger partial charge in [0.1, 0.15) is 5.75 Å². The maximum absolute atomic E-state index is 12.6. The molecule has 0 radical (unpaired) electrons. The monoisotopic (exact) mass is 418 g/mol. The summed E-state index contributed by atoms with van der Waals surface area (Å²) in [6.07, 6.45) is 0. The van der Waals surface area contributed by atoms with Crippen molar-refractivity contribution < 1.29 is 9.53 Å². The zero-order valence-electron chi connectivity index (χ0n) is 13.9. The number of thiazole rings is 1. The molecule has 0 saturated carbocycles. The Labute approximate surface area is 168 Å². The fourth-order valence-electron chi connectivity index (χ4n) is 2.58. The van der Waals surface area contributed by atoms with E-state index in [1.54, 1.807) is 16.6 Å². The van der Waals surface area contributed by atoms with E-state index in [4.69, 9.17) is 27.9 Å². The van der Waals surface area contributed by atoms with E-state index in [0.29, 0.717) is 26.3 Å². The number of aromatic nitrogens is 3. The number of fused-ring (bicyclic) bond motifs is 1. The molecule has 2 aromatic heterocycles. The summed E-state index contributed by atoms with van der Waals surface area (Å²) in [5.41, 5.74) is 2.12. The van der Waals surface area contributed by atoms with Gasteiger partial charge in [-0.15, -0.1) is 16.4 Å². The number of methoxy groups -OCH3 is 1. The van der Waals surface area contributed by atoms with Crippen molar-refractivity contribution in [3.63, 3.8) is 0 Å². The number of nitrogens with one attached hydrogen (secondary N) is 1. The first-order valence-corrected chi connectivity index (χ1v) is 9.44. The van der Waals surface area contributed by atoms with Crippen LogP contribution in [-0.4, -0.2) is 27.6 Å². The second kappa shape index (κ2) is 7.19. The summed E-state index contributed by atoms with van der Waals surface area (Å²) in [5, 5.41) is 10.1. The Morgan fingerprint density at radius 2 is 1.89 bits per heavy atom. The molecule has 4 rings (SSSR count). The van der Waals surface area contributed by atoms with Crippen LogP contribution in [0.25, 0.3) is 16.2 Å². The summed E-state index contributed by atoms with van der Waals surface area (Å²) in [5.74, 6) is 0.213. The minimum atomic E-state index is -0.402. The van der Waals surface area contributed by atoms with Gasteiger partial charge in [0, 0.05) is 21.0 Å². The molecule has 0 unspecified atom stereocenters.